The van der Waals surface area contributed by atoms with Crippen LogP contribution >= 0.6 is 24.0 Å². The molecule has 25 heavy (non-hydrogen) atoms. The Bertz CT molecular complexity index is 589. The third kappa shape index (κ3) is 8.24. The Hall–Kier alpha value is -1.77. The highest BCUT2D eigenvalue weighted by Gasteiger charge is 2.05. The van der Waals surface area contributed by atoms with Crippen LogP contribution in [-0.2, 0) is 6.54 Å². The van der Waals surface area contributed by atoms with Gasteiger partial charge in [0.1, 0.15) is 12.4 Å². The number of hydrogen-bond donors (Lipinski definition) is 1. The summed E-state index contributed by atoms with van der Waals surface area (Å²) < 4.78 is 7.67. The van der Waals surface area contributed by atoms with Crippen LogP contribution in [0.4, 0.5) is 0 Å². The molecule has 0 bridgehead atoms. The first-order valence-corrected chi connectivity index (χ1v) is 8.44. The number of nitrogens with one attached hydrogen (secondary N) is 1. The topological polar surface area (TPSA) is 54.7 Å². The van der Waals surface area contributed by atoms with Gasteiger partial charge in [-0.3, -0.25) is 9.67 Å². The van der Waals surface area contributed by atoms with Crippen LogP contribution in [-0.4, -0.2) is 53.9 Å². The molecule has 0 aliphatic rings. The molecule has 7 heteroatoms. The molecule has 6 nitrogen and oxygen atoms in total. The lowest BCUT2D eigenvalue weighted by Gasteiger charge is -2.22. The molecule has 0 aliphatic carbocycles. The molecule has 1 heterocycles. The van der Waals surface area contributed by atoms with Crippen LogP contribution in [0, 0.1) is 0 Å². The zero-order valence-corrected chi connectivity index (χ0v) is 17.3. The molecule has 0 amide bonds. The van der Waals surface area contributed by atoms with Gasteiger partial charge in [0.25, 0.3) is 0 Å². The van der Waals surface area contributed by atoms with E-state index in [1.54, 1.807) is 6.20 Å². The molecule has 2 aromatic rings. The second kappa shape index (κ2) is 12.6. The number of hydrogen-bond acceptors (Lipinski definition) is 3. The monoisotopic (exact) mass is 457 g/mol. The van der Waals surface area contributed by atoms with Gasteiger partial charge in [-0.15, -0.1) is 24.0 Å². The molecule has 0 saturated heterocycles. The highest BCUT2D eigenvalue weighted by Crippen LogP contribution is 2.07. The SMILES string of the molecule is CCNC(=NCCCn1cccn1)N(C)CCOc1ccccc1.I. The minimum Gasteiger partial charge on any atom is -0.492 e. The summed E-state index contributed by atoms with van der Waals surface area (Å²) in [5, 5.41) is 7.52. The normalized spacial score (nSPS) is 10.9. The number of rotatable bonds is 9. The number of aryl methyl sites for hydroxylation is 1. The number of benzene rings is 1. The van der Waals surface area contributed by atoms with Gasteiger partial charge in [0.15, 0.2) is 5.96 Å². The molecular formula is C18H28IN5O. The Balaban J connectivity index is 0.00000312. The zero-order valence-electron chi connectivity index (χ0n) is 15.0. The number of likely N-dealkylation sites (N-methyl/N-ethyl adjacent to an activating group) is 1. The van der Waals surface area contributed by atoms with Gasteiger partial charge in [0, 0.05) is 39.1 Å². The molecule has 0 saturated carbocycles. The highest BCUT2D eigenvalue weighted by molar-refractivity contribution is 14.0. The van der Waals surface area contributed by atoms with Crippen molar-refractivity contribution in [3.63, 3.8) is 0 Å². The molecule has 0 atom stereocenters. The molecule has 0 fully saturated rings. The lowest BCUT2D eigenvalue weighted by atomic mass is 10.3. The minimum absolute atomic E-state index is 0. The van der Waals surface area contributed by atoms with Crippen molar-refractivity contribution in [2.75, 3.05) is 33.3 Å². The summed E-state index contributed by atoms with van der Waals surface area (Å²) in [6.07, 6.45) is 4.74. The van der Waals surface area contributed by atoms with Crippen LogP contribution in [0.1, 0.15) is 13.3 Å². The Morgan fingerprint density at radius 3 is 2.76 bits per heavy atom. The van der Waals surface area contributed by atoms with Crippen molar-refractivity contribution >= 4 is 29.9 Å². The van der Waals surface area contributed by atoms with Crippen LogP contribution in [0.5, 0.6) is 5.75 Å². The lowest BCUT2D eigenvalue weighted by Crippen LogP contribution is -2.41. The Morgan fingerprint density at radius 1 is 1.28 bits per heavy atom. The largest absolute Gasteiger partial charge is 0.492 e. The first-order chi connectivity index (χ1) is 11.8. The van der Waals surface area contributed by atoms with E-state index in [9.17, 15) is 0 Å². The fourth-order valence-corrected chi connectivity index (χ4v) is 2.24. The number of aliphatic imine (C=N–C) groups is 1. The standard InChI is InChI=1S/C18H27N5O.HI/c1-3-19-18(20-11-7-13-23-14-8-12-21-23)22(2)15-16-24-17-9-5-4-6-10-17;/h4-6,8-10,12,14H,3,7,11,13,15-16H2,1-2H3,(H,19,20);1H. The Labute approximate surface area is 167 Å². The molecule has 1 aromatic heterocycles. The molecule has 2 rings (SSSR count). The van der Waals surface area contributed by atoms with Crippen LogP contribution in [0.15, 0.2) is 53.8 Å². The molecule has 0 radical (unpaired) electrons. The number of aromatic nitrogens is 2. The maximum absolute atomic E-state index is 5.74. The summed E-state index contributed by atoms with van der Waals surface area (Å²) in [4.78, 5) is 6.77. The minimum atomic E-state index is 0. The van der Waals surface area contributed by atoms with Gasteiger partial charge in [0.2, 0.25) is 0 Å². The predicted octanol–water partition coefficient (Wildman–Crippen LogP) is 2.87. The second-order valence-electron chi connectivity index (χ2n) is 5.44. The number of nitrogens with zero attached hydrogens (tertiary/aromatic N) is 4. The van der Waals surface area contributed by atoms with E-state index >= 15 is 0 Å². The number of halogens is 1. The van der Waals surface area contributed by atoms with E-state index in [-0.39, 0.29) is 24.0 Å². The molecule has 0 unspecified atom stereocenters. The summed E-state index contributed by atoms with van der Waals surface area (Å²) in [7, 11) is 2.03. The Kier molecular flexibility index (Phi) is 10.7. The van der Waals surface area contributed by atoms with Gasteiger partial charge in [0.05, 0.1) is 6.54 Å². The van der Waals surface area contributed by atoms with Gasteiger partial charge in [-0.05, 0) is 31.5 Å². The first kappa shape index (κ1) is 21.3. The van der Waals surface area contributed by atoms with Gasteiger partial charge >= 0.3 is 0 Å². The maximum atomic E-state index is 5.74. The summed E-state index contributed by atoms with van der Waals surface area (Å²) in [5.74, 6) is 1.81. The average Bonchev–Trinajstić information content (AvgIpc) is 3.12. The maximum Gasteiger partial charge on any atom is 0.193 e. The third-order valence-electron chi connectivity index (χ3n) is 3.50. The average molecular weight is 457 g/mol. The van der Waals surface area contributed by atoms with Crippen LogP contribution in [0.25, 0.3) is 0 Å². The van der Waals surface area contributed by atoms with Gasteiger partial charge < -0.3 is 15.0 Å². The molecule has 1 N–H and O–H groups in total. The van der Waals surface area contributed by atoms with E-state index in [0.717, 1.165) is 44.3 Å². The van der Waals surface area contributed by atoms with E-state index in [1.807, 2.05) is 54.3 Å². The molecular weight excluding hydrogens is 429 g/mol. The molecule has 0 aliphatic heterocycles. The summed E-state index contributed by atoms with van der Waals surface area (Å²) >= 11 is 0. The highest BCUT2D eigenvalue weighted by atomic mass is 127. The number of para-hydroxylation sites is 1. The van der Waals surface area contributed by atoms with Crippen molar-refractivity contribution in [1.29, 1.82) is 0 Å². The van der Waals surface area contributed by atoms with Crippen molar-refractivity contribution in [3.05, 3.63) is 48.8 Å². The first-order valence-electron chi connectivity index (χ1n) is 8.44. The summed E-state index contributed by atoms with van der Waals surface area (Å²) in [5.41, 5.74) is 0. The lowest BCUT2D eigenvalue weighted by molar-refractivity contribution is 0.281. The van der Waals surface area contributed by atoms with Gasteiger partial charge in [-0.2, -0.15) is 5.10 Å². The fourth-order valence-electron chi connectivity index (χ4n) is 2.24. The molecule has 1 aromatic carbocycles. The van der Waals surface area contributed by atoms with Crippen LogP contribution in [0.3, 0.4) is 0 Å². The third-order valence-corrected chi connectivity index (χ3v) is 3.50. The van der Waals surface area contributed by atoms with Crippen molar-refractivity contribution < 1.29 is 4.74 Å². The zero-order chi connectivity index (χ0) is 17.0. The van der Waals surface area contributed by atoms with E-state index in [0.29, 0.717) is 6.61 Å². The summed E-state index contributed by atoms with van der Waals surface area (Å²) in [6.45, 7) is 5.98. The quantitative estimate of drug-likeness (QED) is 0.272. The summed E-state index contributed by atoms with van der Waals surface area (Å²) in [6, 6.07) is 11.8. The van der Waals surface area contributed by atoms with Crippen molar-refractivity contribution in [3.8, 4) is 5.75 Å². The smallest absolute Gasteiger partial charge is 0.193 e. The number of ether oxygens (including phenoxy) is 1. The van der Waals surface area contributed by atoms with Gasteiger partial charge in [-0.1, -0.05) is 18.2 Å². The van der Waals surface area contributed by atoms with E-state index < -0.39 is 0 Å². The van der Waals surface area contributed by atoms with E-state index in [1.165, 1.54) is 0 Å². The van der Waals surface area contributed by atoms with Crippen LogP contribution < -0.4 is 10.1 Å². The van der Waals surface area contributed by atoms with Gasteiger partial charge in [-0.25, -0.2) is 0 Å². The van der Waals surface area contributed by atoms with E-state index in [2.05, 4.69) is 27.2 Å². The van der Waals surface area contributed by atoms with Crippen LogP contribution in [0.2, 0.25) is 0 Å². The van der Waals surface area contributed by atoms with Crippen molar-refractivity contribution in [2.45, 2.75) is 19.9 Å². The van der Waals surface area contributed by atoms with Crippen molar-refractivity contribution in [1.82, 2.24) is 20.0 Å². The fraction of sp³-hybridized carbons (Fsp3) is 0.444. The second-order valence-corrected chi connectivity index (χ2v) is 5.44. The predicted molar refractivity (Wildman–Crippen MR) is 113 cm³/mol. The molecule has 0 spiro atoms. The van der Waals surface area contributed by atoms with E-state index in [4.69, 9.17) is 4.74 Å². The molecule has 138 valence electrons. The number of guanidine groups is 1. The van der Waals surface area contributed by atoms with Crippen molar-refractivity contribution in [2.24, 2.45) is 4.99 Å². The Morgan fingerprint density at radius 2 is 2.08 bits per heavy atom.